The van der Waals surface area contributed by atoms with Crippen LogP contribution in [0.5, 0.6) is 0 Å². The average Bonchev–Trinajstić information content (AvgIpc) is 2.35. The molecule has 0 amide bonds. The summed E-state index contributed by atoms with van der Waals surface area (Å²) in [4.78, 5) is 0. The van der Waals surface area contributed by atoms with Gasteiger partial charge in [-0.3, -0.25) is 4.55 Å². The van der Waals surface area contributed by atoms with E-state index in [2.05, 4.69) is 32.8 Å². The minimum Gasteiger partial charge on any atom is -0.325 e. The molecule has 0 aliphatic heterocycles. The lowest BCUT2D eigenvalue weighted by atomic mass is 10.1. The van der Waals surface area contributed by atoms with E-state index in [1.54, 1.807) is 6.08 Å². The lowest BCUT2D eigenvalue weighted by Crippen LogP contribution is -2.41. The summed E-state index contributed by atoms with van der Waals surface area (Å²) >= 11 is 0. The Morgan fingerprint density at radius 1 is 1.30 bits per heavy atom. The van der Waals surface area contributed by atoms with E-state index in [4.69, 9.17) is 4.55 Å². The Morgan fingerprint density at radius 3 is 2.30 bits per heavy atom. The molecule has 112 valence electrons. The van der Waals surface area contributed by atoms with Gasteiger partial charge in [0.25, 0.3) is 10.1 Å². The van der Waals surface area contributed by atoms with E-state index in [1.165, 1.54) is 12.5 Å². The minimum atomic E-state index is -3.93. The fourth-order valence-corrected chi connectivity index (χ4v) is 2.42. The van der Waals surface area contributed by atoms with Gasteiger partial charge in [0.15, 0.2) is 0 Å². The van der Waals surface area contributed by atoms with E-state index in [1.807, 2.05) is 12.1 Å². The largest absolute Gasteiger partial charge is 0.325 e. The predicted molar refractivity (Wildman–Crippen MR) is 82.8 cm³/mol. The van der Waals surface area contributed by atoms with Crippen LogP contribution in [0.15, 0.2) is 30.8 Å². The molecule has 4 nitrogen and oxygen atoms in total. The van der Waals surface area contributed by atoms with Gasteiger partial charge in [-0.1, -0.05) is 36.9 Å². The van der Waals surface area contributed by atoms with Crippen LogP contribution in [0, 0.1) is 0 Å². The first-order chi connectivity index (χ1) is 9.14. The molecule has 0 aromatic heterocycles. The highest BCUT2D eigenvalue weighted by molar-refractivity contribution is 7.86. The zero-order chi connectivity index (χ0) is 15.4. The molecule has 1 rings (SSSR count). The number of hydrogen-bond donors (Lipinski definition) is 1. The van der Waals surface area contributed by atoms with Crippen molar-refractivity contribution in [1.29, 1.82) is 0 Å². The highest BCUT2D eigenvalue weighted by Gasteiger charge is 2.23. The monoisotopic (exact) mass is 298 g/mol. The Balaban J connectivity index is 2.62. The van der Waals surface area contributed by atoms with Crippen LogP contribution in [0.2, 0.25) is 0 Å². The quantitative estimate of drug-likeness (QED) is 0.622. The molecule has 0 saturated heterocycles. The Kier molecular flexibility index (Phi) is 5.50. The van der Waals surface area contributed by atoms with Gasteiger partial charge in [-0.25, -0.2) is 0 Å². The van der Waals surface area contributed by atoms with Gasteiger partial charge < -0.3 is 4.48 Å². The third-order valence-corrected chi connectivity index (χ3v) is 4.73. The van der Waals surface area contributed by atoms with Crippen LogP contribution in [0.25, 0.3) is 6.08 Å². The molecule has 0 spiro atoms. The van der Waals surface area contributed by atoms with E-state index in [9.17, 15) is 8.42 Å². The first-order valence-electron chi connectivity index (χ1n) is 6.64. The number of benzene rings is 1. The van der Waals surface area contributed by atoms with E-state index in [-0.39, 0.29) is 0 Å². The average molecular weight is 298 g/mol. The second kappa shape index (κ2) is 6.52. The summed E-state index contributed by atoms with van der Waals surface area (Å²) in [6, 6.07) is 8.15. The van der Waals surface area contributed by atoms with Crippen molar-refractivity contribution < 1.29 is 17.5 Å². The summed E-state index contributed by atoms with van der Waals surface area (Å²) in [5.41, 5.74) is 2.28. The summed E-state index contributed by atoms with van der Waals surface area (Å²) in [7, 11) is 0.179. The van der Waals surface area contributed by atoms with Crippen molar-refractivity contribution in [1.82, 2.24) is 0 Å². The second-order valence-corrected chi connectivity index (χ2v) is 7.71. The maximum absolute atomic E-state index is 11.0. The zero-order valence-electron chi connectivity index (χ0n) is 12.4. The molecule has 0 bridgehead atoms. The molecule has 0 heterocycles. The Labute approximate surface area is 122 Å². The van der Waals surface area contributed by atoms with E-state index in [0.717, 1.165) is 12.1 Å². The molecule has 0 radical (unpaired) electrons. The van der Waals surface area contributed by atoms with Crippen molar-refractivity contribution >= 4 is 16.2 Å². The molecule has 1 N–H and O–H groups in total. The van der Waals surface area contributed by atoms with Gasteiger partial charge in [-0.15, -0.1) is 0 Å². The fraction of sp³-hybridized carbons (Fsp3) is 0.467. The fourth-order valence-electron chi connectivity index (χ4n) is 2.01. The molecule has 0 aliphatic rings. The topological polar surface area (TPSA) is 54.4 Å². The van der Waals surface area contributed by atoms with Crippen molar-refractivity contribution in [2.45, 2.75) is 25.1 Å². The Hall–Kier alpha value is -1.17. The molecule has 1 aromatic carbocycles. The Bertz CT molecular complexity index is 547. The van der Waals surface area contributed by atoms with Crippen LogP contribution in [0.4, 0.5) is 0 Å². The van der Waals surface area contributed by atoms with Crippen LogP contribution in [-0.2, 0) is 16.7 Å². The summed E-state index contributed by atoms with van der Waals surface area (Å²) in [5, 5.41) is -0.719. The van der Waals surface area contributed by atoms with Crippen molar-refractivity contribution in [3.63, 3.8) is 0 Å². The normalized spacial score (nSPS) is 14.0. The lowest BCUT2D eigenvalue weighted by molar-refractivity contribution is -0.903. The lowest BCUT2D eigenvalue weighted by Gasteiger charge is -2.30. The van der Waals surface area contributed by atoms with Crippen LogP contribution in [-0.4, -0.2) is 43.3 Å². The van der Waals surface area contributed by atoms with E-state index >= 15 is 0 Å². The maximum Gasteiger partial charge on any atom is 0.267 e. The van der Waals surface area contributed by atoms with E-state index in [0.29, 0.717) is 17.4 Å². The van der Waals surface area contributed by atoms with Crippen LogP contribution >= 0.6 is 0 Å². The van der Waals surface area contributed by atoms with Gasteiger partial charge >= 0.3 is 0 Å². The molecular formula is C15H24NO3S+. The number of hydrogen-bond acceptors (Lipinski definition) is 2. The highest BCUT2D eigenvalue weighted by Crippen LogP contribution is 2.14. The van der Waals surface area contributed by atoms with Gasteiger partial charge in [-0.05, 0) is 12.5 Å². The number of quaternary nitrogens is 1. The van der Waals surface area contributed by atoms with Crippen molar-refractivity contribution in [3.05, 3.63) is 42.0 Å². The molecule has 1 aromatic rings. The van der Waals surface area contributed by atoms with Crippen LogP contribution in [0.1, 0.15) is 24.5 Å². The number of rotatable bonds is 7. The molecule has 0 fully saturated rings. The third-order valence-electron chi connectivity index (χ3n) is 3.48. The molecule has 0 saturated carbocycles. The van der Waals surface area contributed by atoms with Gasteiger partial charge in [0, 0.05) is 12.0 Å². The van der Waals surface area contributed by atoms with Gasteiger partial charge in [-0.2, -0.15) is 8.42 Å². The molecule has 0 aliphatic carbocycles. The van der Waals surface area contributed by atoms with E-state index < -0.39 is 15.4 Å². The van der Waals surface area contributed by atoms with Crippen molar-refractivity contribution in [2.75, 3.05) is 20.6 Å². The second-order valence-electron chi connectivity index (χ2n) is 5.88. The predicted octanol–water partition coefficient (Wildman–Crippen LogP) is 2.57. The summed E-state index contributed by atoms with van der Waals surface area (Å²) < 4.78 is 31.7. The smallest absolute Gasteiger partial charge is 0.267 e. The van der Waals surface area contributed by atoms with Gasteiger partial charge in [0.05, 0.1) is 25.9 Å². The van der Waals surface area contributed by atoms with Crippen molar-refractivity contribution in [3.8, 4) is 0 Å². The van der Waals surface area contributed by atoms with Gasteiger partial charge in [0.2, 0.25) is 0 Å². The molecule has 5 heteroatoms. The summed E-state index contributed by atoms with van der Waals surface area (Å²) in [6.45, 7) is 6.76. The number of nitrogens with zero attached hydrogens (tertiary/aromatic N) is 1. The van der Waals surface area contributed by atoms with Gasteiger partial charge in [0.1, 0.15) is 6.54 Å². The summed E-state index contributed by atoms with van der Waals surface area (Å²) in [6.07, 6.45) is 2.24. The highest BCUT2D eigenvalue weighted by atomic mass is 32.2. The SMILES string of the molecule is C=Cc1ccc(C[N+](C)(C)CCC(C)S(=O)(=O)O)cc1. The summed E-state index contributed by atoms with van der Waals surface area (Å²) in [5.74, 6) is 0. The van der Waals surface area contributed by atoms with Crippen LogP contribution in [0.3, 0.4) is 0 Å². The first-order valence-corrected chi connectivity index (χ1v) is 8.14. The Morgan fingerprint density at radius 2 is 1.85 bits per heavy atom. The minimum absolute atomic E-state index is 0.441. The first kappa shape index (κ1) is 16.9. The van der Waals surface area contributed by atoms with Crippen LogP contribution < -0.4 is 0 Å². The zero-order valence-corrected chi connectivity index (χ0v) is 13.2. The third kappa shape index (κ3) is 5.45. The molecule has 20 heavy (non-hydrogen) atoms. The van der Waals surface area contributed by atoms with Crippen molar-refractivity contribution in [2.24, 2.45) is 0 Å². The molecule has 1 atom stereocenters. The standard InChI is InChI=1S/C15H23NO3S/c1-5-14-6-8-15(9-7-14)12-16(3,4)11-10-13(2)20(17,18)19/h5-9,13H,1,10-12H2,2-4H3/p+1. The maximum atomic E-state index is 11.0. The molecule has 1 unspecified atom stereocenters. The molecular weight excluding hydrogens is 274 g/mol.